The van der Waals surface area contributed by atoms with Crippen LogP contribution >= 0.6 is 0 Å². The lowest BCUT2D eigenvalue weighted by atomic mass is 10.2. The smallest absolute Gasteiger partial charge is 0.307 e. The Labute approximate surface area is 120 Å². The topological polar surface area (TPSA) is 55.8 Å². The maximum Gasteiger partial charge on any atom is 0.307 e. The Balaban J connectivity index is 2.56. The first kappa shape index (κ1) is 16.4. The molecule has 1 unspecified atom stereocenters. The van der Waals surface area contributed by atoms with Gasteiger partial charge >= 0.3 is 5.97 Å². The summed E-state index contributed by atoms with van der Waals surface area (Å²) in [7, 11) is 1.35. The van der Waals surface area contributed by atoms with E-state index in [0.717, 1.165) is 19.4 Å². The normalized spacial score (nSPS) is 18.8. The number of ether oxygens (including phenoxy) is 2. The van der Waals surface area contributed by atoms with E-state index in [1.807, 2.05) is 13.0 Å². The summed E-state index contributed by atoms with van der Waals surface area (Å²) in [5.41, 5.74) is 0. The van der Waals surface area contributed by atoms with Crippen molar-refractivity contribution < 1.29 is 19.1 Å². The van der Waals surface area contributed by atoms with E-state index in [9.17, 15) is 9.59 Å². The van der Waals surface area contributed by atoms with Crippen LogP contribution in [-0.2, 0) is 19.1 Å². The van der Waals surface area contributed by atoms with Crippen LogP contribution in [0.3, 0.4) is 0 Å². The number of amides is 1. The van der Waals surface area contributed by atoms with Gasteiger partial charge in [0.15, 0.2) is 0 Å². The fourth-order valence-electron chi connectivity index (χ4n) is 2.01. The first-order valence-electron chi connectivity index (χ1n) is 6.94. The molecule has 0 saturated carbocycles. The third-order valence-corrected chi connectivity index (χ3v) is 3.12. The van der Waals surface area contributed by atoms with Crippen molar-refractivity contribution in [2.75, 3.05) is 26.8 Å². The molecule has 0 bridgehead atoms. The number of nitrogens with zero attached hydrogens (tertiary/aromatic N) is 1. The molecule has 0 aromatic rings. The zero-order valence-electron chi connectivity index (χ0n) is 12.2. The van der Waals surface area contributed by atoms with Crippen LogP contribution in [0.1, 0.15) is 26.2 Å². The van der Waals surface area contributed by atoms with Crippen LogP contribution in [0.2, 0.25) is 0 Å². The van der Waals surface area contributed by atoms with Gasteiger partial charge in [-0.05, 0) is 19.8 Å². The lowest BCUT2D eigenvalue weighted by Gasteiger charge is -2.23. The van der Waals surface area contributed by atoms with Crippen molar-refractivity contribution in [2.45, 2.75) is 32.3 Å². The third-order valence-electron chi connectivity index (χ3n) is 3.12. The zero-order valence-corrected chi connectivity index (χ0v) is 12.2. The molecule has 0 aromatic heterocycles. The van der Waals surface area contributed by atoms with E-state index in [4.69, 9.17) is 4.74 Å². The first-order chi connectivity index (χ1) is 9.67. The highest BCUT2D eigenvalue weighted by Crippen LogP contribution is 2.14. The second kappa shape index (κ2) is 9.31. The minimum Gasteiger partial charge on any atom is -0.469 e. The molecule has 1 aliphatic heterocycles. The van der Waals surface area contributed by atoms with Gasteiger partial charge < -0.3 is 14.4 Å². The van der Waals surface area contributed by atoms with Crippen LogP contribution in [0.5, 0.6) is 0 Å². The summed E-state index contributed by atoms with van der Waals surface area (Å²) in [5, 5.41) is 0. The molecule has 112 valence electrons. The molecule has 1 rings (SSSR count). The molecule has 1 amide bonds. The number of carbonyl (C=O) groups is 2. The average Bonchev–Trinajstić information content (AvgIpc) is 2.96. The molecule has 0 aliphatic carbocycles. The second-order valence-electron chi connectivity index (χ2n) is 4.63. The second-order valence-corrected chi connectivity index (χ2v) is 4.63. The fraction of sp³-hybridized carbons (Fsp3) is 0.600. The standard InChI is InChI=1S/C15H23NO4/c1-3-4-5-8-14(17)16(10-9-15(18)19-2)12-13-7-6-11-20-13/h3-5,8,13H,6-7,9-12H2,1-2H3. The number of esters is 1. The summed E-state index contributed by atoms with van der Waals surface area (Å²) in [5.74, 6) is -0.421. The molecular weight excluding hydrogens is 258 g/mol. The van der Waals surface area contributed by atoms with Gasteiger partial charge in [-0.3, -0.25) is 9.59 Å². The Morgan fingerprint density at radius 1 is 1.40 bits per heavy atom. The Morgan fingerprint density at radius 3 is 2.80 bits per heavy atom. The minimum atomic E-state index is -0.312. The van der Waals surface area contributed by atoms with Crippen LogP contribution in [0.25, 0.3) is 0 Å². The van der Waals surface area contributed by atoms with Gasteiger partial charge in [-0.1, -0.05) is 18.2 Å². The number of hydrogen-bond acceptors (Lipinski definition) is 4. The van der Waals surface area contributed by atoms with Crippen molar-refractivity contribution in [2.24, 2.45) is 0 Å². The van der Waals surface area contributed by atoms with Crippen molar-refractivity contribution in [3.63, 3.8) is 0 Å². The van der Waals surface area contributed by atoms with Gasteiger partial charge in [0, 0.05) is 25.8 Å². The predicted molar refractivity (Wildman–Crippen MR) is 76.1 cm³/mol. The van der Waals surface area contributed by atoms with Crippen LogP contribution in [-0.4, -0.2) is 49.7 Å². The van der Waals surface area contributed by atoms with Crippen molar-refractivity contribution in [1.82, 2.24) is 4.90 Å². The summed E-state index contributed by atoms with van der Waals surface area (Å²) in [6.07, 6.45) is 9.11. The van der Waals surface area contributed by atoms with Crippen molar-refractivity contribution >= 4 is 11.9 Å². The molecule has 20 heavy (non-hydrogen) atoms. The van der Waals surface area contributed by atoms with E-state index < -0.39 is 0 Å². The molecule has 1 atom stereocenters. The Bertz CT molecular complexity index is 370. The Kier molecular flexibility index (Phi) is 7.65. The molecule has 1 saturated heterocycles. The van der Waals surface area contributed by atoms with Crippen molar-refractivity contribution in [3.8, 4) is 0 Å². The van der Waals surface area contributed by atoms with E-state index in [1.165, 1.54) is 13.2 Å². The van der Waals surface area contributed by atoms with Gasteiger partial charge in [-0.15, -0.1) is 0 Å². The lowest BCUT2D eigenvalue weighted by Crippen LogP contribution is -2.37. The maximum atomic E-state index is 12.1. The average molecular weight is 281 g/mol. The number of methoxy groups -OCH3 is 1. The van der Waals surface area contributed by atoms with E-state index in [1.54, 1.807) is 17.1 Å². The van der Waals surface area contributed by atoms with E-state index >= 15 is 0 Å². The summed E-state index contributed by atoms with van der Waals surface area (Å²) < 4.78 is 10.2. The van der Waals surface area contributed by atoms with Crippen molar-refractivity contribution in [1.29, 1.82) is 0 Å². The first-order valence-corrected chi connectivity index (χ1v) is 6.94. The molecule has 5 nitrogen and oxygen atoms in total. The molecule has 5 heteroatoms. The highest BCUT2D eigenvalue weighted by atomic mass is 16.5. The van der Waals surface area contributed by atoms with Crippen LogP contribution in [0.4, 0.5) is 0 Å². The molecule has 1 aliphatic rings. The lowest BCUT2D eigenvalue weighted by molar-refractivity contribution is -0.141. The number of allylic oxidation sites excluding steroid dienone is 3. The van der Waals surface area contributed by atoms with Crippen LogP contribution in [0.15, 0.2) is 24.3 Å². The largest absolute Gasteiger partial charge is 0.469 e. The molecule has 1 heterocycles. The zero-order chi connectivity index (χ0) is 14.8. The molecule has 0 radical (unpaired) electrons. The third kappa shape index (κ3) is 6.02. The van der Waals surface area contributed by atoms with Gasteiger partial charge in [0.2, 0.25) is 5.91 Å². The van der Waals surface area contributed by atoms with Gasteiger partial charge in [0.1, 0.15) is 0 Å². The van der Waals surface area contributed by atoms with Crippen LogP contribution < -0.4 is 0 Å². The summed E-state index contributed by atoms with van der Waals surface area (Å²) in [6, 6.07) is 0. The highest BCUT2D eigenvalue weighted by Gasteiger charge is 2.21. The monoisotopic (exact) mass is 281 g/mol. The summed E-state index contributed by atoms with van der Waals surface area (Å²) in [6.45, 7) is 3.51. The Morgan fingerprint density at radius 2 is 2.20 bits per heavy atom. The van der Waals surface area contributed by atoms with Gasteiger partial charge in [-0.2, -0.15) is 0 Å². The molecule has 0 spiro atoms. The number of hydrogen-bond donors (Lipinski definition) is 0. The SMILES string of the molecule is CC=CC=CC(=O)N(CCC(=O)OC)CC1CCCO1. The van der Waals surface area contributed by atoms with Crippen molar-refractivity contribution in [3.05, 3.63) is 24.3 Å². The van der Waals surface area contributed by atoms with Gasteiger partial charge in [0.25, 0.3) is 0 Å². The molecule has 1 fully saturated rings. The van der Waals surface area contributed by atoms with Gasteiger partial charge in [0.05, 0.1) is 19.6 Å². The van der Waals surface area contributed by atoms with E-state index in [-0.39, 0.29) is 24.4 Å². The van der Waals surface area contributed by atoms with Crippen LogP contribution in [0, 0.1) is 0 Å². The number of rotatable bonds is 7. The van der Waals surface area contributed by atoms with E-state index in [2.05, 4.69) is 4.74 Å². The summed E-state index contributed by atoms with van der Waals surface area (Å²) >= 11 is 0. The van der Waals surface area contributed by atoms with E-state index in [0.29, 0.717) is 13.1 Å². The Hall–Kier alpha value is -1.62. The minimum absolute atomic E-state index is 0.0757. The number of carbonyl (C=O) groups excluding carboxylic acids is 2. The molecule has 0 N–H and O–H groups in total. The summed E-state index contributed by atoms with van der Waals surface area (Å²) in [4.78, 5) is 25.0. The predicted octanol–water partition coefficient (Wildman–Crippen LogP) is 1.69. The maximum absolute atomic E-state index is 12.1. The molecule has 0 aromatic carbocycles. The molecular formula is C15H23NO4. The highest BCUT2D eigenvalue weighted by molar-refractivity contribution is 5.88. The fourth-order valence-corrected chi connectivity index (χ4v) is 2.01. The quantitative estimate of drug-likeness (QED) is 0.405. The van der Waals surface area contributed by atoms with Gasteiger partial charge in [-0.25, -0.2) is 0 Å².